The second-order valence-corrected chi connectivity index (χ2v) is 10.2. The summed E-state index contributed by atoms with van der Waals surface area (Å²) in [6, 6.07) is 13.5. The van der Waals surface area contributed by atoms with Gasteiger partial charge in [0.2, 0.25) is 0 Å². The van der Waals surface area contributed by atoms with E-state index in [1.807, 2.05) is 51.2 Å². The number of fused-ring (bicyclic) bond motifs is 1. The summed E-state index contributed by atoms with van der Waals surface area (Å²) in [5.41, 5.74) is 8.29. The number of ether oxygens (including phenoxy) is 2. The van der Waals surface area contributed by atoms with E-state index in [0.29, 0.717) is 30.4 Å². The molecule has 192 valence electrons. The summed E-state index contributed by atoms with van der Waals surface area (Å²) >= 11 is 0. The highest BCUT2D eigenvalue weighted by molar-refractivity contribution is 6.00. The Balaban J connectivity index is 1.44. The second-order valence-electron chi connectivity index (χ2n) is 10.2. The Hall–Kier alpha value is -4.14. The minimum atomic E-state index is -0.552. The Morgan fingerprint density at radius 2 is 1.89 bits per heavy atom. The molecular formula is C28H30FN5O3. The average molecular weight is 504 g/mol. The molecule has 1 saturated heterocycles. The van der Waals surface area contributed by atoms with Gasteiger partial charge in [-0.25, -0.2) is 19.2 Å². The maximum Gasteiger partial charge on any atom is 0.410 e. The van der Waals surface area contributed by atoms with E-state index in [2.05, 4.69) is 14.5 Å². The van der Waals surface area contributed by atoms with Crippen molar-refractivity contribution in [2.45, 2.75) is 45.3 Å². The Morgan fingerprint density at radius 1 is 1.11 bits per heavy atom. The number of halogens is 1. The molecule has 0 spiro atoms. The lowest BCUT2D eigenvalue weighted by Gasteiger charge is -2.34. The number of benzene rings is 2. The summed E-state index contributed by atoms with van der Waals surface area (Å²) in [7, 11) is 0. The predicted octanol–water partition coefficient (Wildman–Crippen LogP) is 6.18. The first kappa shape index (κ1) is 24.5. The fourth-order valence-corrected chi connectivity index (χ4v) is 4.65. The van der Waals surface area contributed by atoms with Crippen LogP contribution < -0.4 is 10.5 Å². The summed E-state index contributed by atoms with van der Waals surface area (Å²) in [6.07, 6.45) is 4.93. The van der Waals surface area contributed by atoms with Gasteiger partial charge >= 0.3 is 6.09 Å². The number of nitrogen functional groups attached to an aromatic ring is 1. The molecule has 2 N–H and O–H groups in total. The van der Waals surface area contributed by atoms with Gasteiger partial charge in [-0.05, 0) is 63.4 Å². The maximum absolute atomic E-state index is 13.5. The molecule has 9 heteroatoms. The molecule has 37 heavy (non-hydrogen) atoms. The van der Waals surface area contributed by atoms with Gasteiger partial charge in [-0.1, -0.05) is 18.2 Å². The SMILES string of the molecule is CC(C)(C)OC(=O)N1CCCC(n2cc(-c3ccc(Oc4cccc(F)c4)cc3)c3c(N)ncnc32)C1. The van der Waals surface area contributed by atoms with E-state index in [4.69, 9.17) is 15.2 Å². The van der Waals surface area contributed by atoms with Gasteiger partial charge < -0.3 is 24.7 Å². The Bertz CT molecular complexity index is 1430. The van der Waals surface area contributed by atoms with Crippen LogP contribution in [0.5, 0.6) is 11.5 Å². The van der Waals surface area contributed by atoms with Crippen LogP contribution in [0.25, 0.3) is 22.2 Å². The molecule has 1 aliphatic rings. The summed E-state index contributed by atoms with van der Waals surface area (Å²) < 4.78 is 27.0. The topological polar surface area (TPSA) is 95.5 Å². The van der Waals surface area contributed by atoms with E-state index in [0.717, 1.165) is 35.0 Å². The zero-order valence-electron chi connectivity index (χ0n) is 21.1. The van der Waals surface area contributed by atoms with Gasteiger partial charge in [0.25, 0.3) is 0 Å². The Morgan fingerprint density at radius 3 is 2.62 bits per heavy atom. The molecule has 3 heterocycles. The van der Waals surface area contributed by atoms with Crippen molar-refractivity contribution in [1.29, 1.82) is 0 Å². The number of anilines is 1. The fourth-order valence-electron chi connectivity index (χ4n) is 4.65. The molecule has 1 atom stereocenters. The fraction of sp³-hybridized carbons (Fsp3) is 0.321. The van der Waals surface area contributed by atoms with Crippen LogP contribution >= 0.6 is 0 Å². The molecule has 8 nitrogen and oxygen atoms in total. The summed E-state index contributed by atoms with van der Waals surface area (Å²) in [5, 5.41) is 0.760. The molecule has 1 amide bonds. The smallest absolute Gasteiger partial charge is 0.410 e. The van der Waals surface area contributed by atoms with Gasteiger partial charge in [0, 0.05) is 30.9 Å². The zero-order valence-corrected chi connectivity index (χ0v) is 21.1. The highest BCUT2D eigenvalue weighted by atomic mass is 19.1. The van der Waals surface area contributed by atoms with Gasteiger partial charge in [0.15, 0.2) is 0 Å². The number of hydrogen-bond donors (Lipinski definition) is 1. The van der Waals surface area contributed by atoms with Crippen molar-refractivity contribution >= 4 is 22.9 Å². The van der Waals surface area contributed by atoms with Crippen LogP contribution in [0.3, 0.4) is 0 Å². The quantitative estimate of drug-likeness (QED) is 0.357. The molecule has 2 aromatic carbocycles. The monoisotopic (exact) mass is 503 g/mol. The van der Waals surface area contributed by atoms with E-state index in [9.17, 15) is 9.18 Å². The van der Waals surface area contributed by atoms with Crippen molar-refractivity contribution in [2.75, 3.05) is 18.8 Å². The molecule has 1 unspecified atom stereocenters. The normalized spacial score (nSPS) is 16.1. The molecule has 1 fully saturated rings. The van der Waals surface area contributed by atoms with Crippen LogP contribution in [0.1, 0.15) is 39.7 Å². The second kappa shape index (κ2) is 9.72. The van der Waals surface area contributed by atoms with E-state index in [1.165, 1.54) is 18.5 Å². The van der Waals surface area contributed by atoms with E-state index < -0.39 is 5.60 Å². The predicted molar refractivity (Wildman–Crippen MR) is 140 cm³/mol. The van der Waals surface area contributed by atoms with Crippen LogP contribution in [0.15, 0.2) is 61.1 Å². The standard InChI is InChI=1S/C28H30FN5O3/c1-28(2,3)37-27(35)33-13-5-7-20(15-33)34-16-23(24-25(30)31-17-32-26(24)34)18-9-11-21(12-10-18)36-22-8-4-6-19(29)14-22/h4,6,8-12,14,16-17,20H,5,7,13,15H2,1-3H3,(H2,30,31,32). The molecule has 0 bridgehead atoms. The van der Waals surface area contributed by atoms with Crippen LogP contribution in [0.2, 0.25) is 0 Å². The van der Waals surface area contributed by atoms with E-state index in [-0.39, 0.29) is 18.0 Å². The van der Waals surface area contributed by atoms with Gasteiger partial charge in [-0.15, -0.1) is 0 Å². The highest BCUT2D eigenvalue weighted by Gasteiger charge is 2.30. The van der Waals surface area contributed by atoms with Crippen molar-refractivity contribution < 1.29 is 18.7 Å². The third-order valence-electron chi connectivity index (χ3n) is 6.28. The first-order valence-corrected chi connectivity index (χ1v) is 12.3. The van der Waals surface area contributed by atoms with Crippen molar-refractivity contribution in [2.24, 2.45) is 0 Å². The first-order chi connectivity index (χ1) is 17.7. The summed E-state index contributed by atoms with van der Waals surface area (Å²) in [6.45, 7) is 6.77. The maximum atomic E-state index is 13.5. The number of amides is 1. The van der Waals surface area contributed by atoms with Crippen molar-refractivity contribution in [1.82, 2.24) is 19.4 Å². The molecule has 0 aliphatic carbocycles. The highest BCUT2D eigenvalue weighted by Crippen LogP contribution is 2.37. The van der Waals surface area contributed by atoms with Gasteiger partial charge in [0.05, 0.1) is 11.4 Å². The number of likely N-dealkylation sites (tertiary alicyclic amines) is 1. The van der Waals surface area contributed by atoms with E-state index >= 15 is 0 Å². The number of nitrogens with zero attached hydrogens (tertiary/aromatic N) is 4. The third kappa shape index (κ3) is 5.35. The lowest BCUT2D eigenvalue weighted by Crippen LogP contribution is -2.43. The molecule has 2 aromatic heterocycles. The minimum Gasteiger partial charge on any atom is -0.457 e. The van der Waals surface area contributed by atoms with Crippen molar-refractivity contribution in [3.8, 4) is 22.6 Å². The Kier molecular flexibility index (Phi) is 6.45. The molecule has 1 aliphatic heterocycles. The third-order valence-corrected chi connectivity index (χ3v) is 6.28. The first-order valence-electron chi connectivity index (χ1n) is 12.3. The van der Waals surface area contributed by atoms with Crippen molar-refractivity contribution in [3.05, 3.63) is 66.9 Å². The Labute approximate surface area is 214 Å². The molecule has 0 saturated carbocycles. The lowest BCUT2D eigenvalue weighted by molar-refractivity contribution is 0.0174. The minimum absolute atomic E-state index is 0.0161. The van der Waals surface area contributed by atoms with Crippen molar-refractivity contribution in [3.63, 3.8) is 0 Å². The molecule has 0 radical (unpaired) electrons. The van der Waals surface area contributed by atoms with Gasteiger partial charge in [-0.3, -0.25) is 0 Å². The number of piperidine rings is 1. The number of hydrogen-bond acceptors (Lipinski definition) is 6. The lowest BCUT2D eigenvalue weighted by atomic mass is 10.1. The van der Waals surface area contributed by atoms with Crippen LogP contribution in [0.4, 0.5) is 15.0 Å². The number of nitrogens with two attached hydrogens (primary N) is 1. The van der Waals surface area contributed by atoms with Crippen LogP contribution in [0, 0.1) is 5.82 Å². The van der Waals surface area contributed by atoms with Gasteiger partial charge in [-0.2, -0.15) is 0 Å². The number of rotatable bonds is 4. The molecule has 4 aromatic rings. The number of aromatic nitrogens is 3. The molecular weight excluding hydrogens is 473 g/mol. The number of carbonyl (C=O) groups excluding carboxylic acids is 1. The summed E-state index contributed by atoms with van der Waals surface area (Å²) in [5.74, 6) is 1.04. The largest absolute Gasteiger partial charge is 0.457 e. The summed E-state index contributed by atoms with van der Waals surface area (Å²) in [4.78, 5) is 23.3. The molecule has 5 rings (SSSR count). The zero-order chi connectivity index (χ0) is 26.2. The van der Waals surface area contributed by atoms with Crippen LogP contribution in [-0.4, -0.2) is 44.2 Å². The van der Waals surface area contributed by atoms with E-state index in [1.54, 1.807) is 17.0 Å². The average Bonchev–Trinajstić information content (AvgIpc) is 3.25. The van der Waals surface area contributed by atoms with Gasteiger partial charge in [0.1, 0.15) is 40.7 Å². The number of carbonyl (C=O) groups is 1. The van der Waals surface area contributed by atoms with Crippen LogP contribution in [-0.2, 0) is 4.74 Å².